The third kappa shape index (κ3) is 87.3. The van der Waals surface area contributed by atoms with E-state index in [-0.39, 0.29) is 19.3 Å². The molecule has 0 aromatic carbocycles. The van der Waals surface area contributed by atoms with Crippen molar-refractivity contribution in [3.05, 3.63) is 182 Å². The van der Waals surface area contributed by atoms with Crippen molar-refractivity contribution >= 4 is 33.6 Å². The molecule has 0 spiro atoms. The van der Waals surface area contributed by atoms with Crippen LogP contribution >= 0.6 is 15.6 Å². The first-order chi connectivity index (χ1) is 55.2. The number of rotatable bonds is 82. The minimum absolute atomic E-state index is 0.0900. The van der Waals surface area contributed by atoms with Gasteiger partial charge in [-0.1, -0.05) is 344 Å². The quantitative estimate of drug-likeness (QED) is 0.0146. The number of esters is 3. The number of carbonyl (C=O) groups is 3. The SMILES string of the molecule is CC/C=C\C/C=C\C/C=C\C/C=C\C/C=C\C/C=C\CCCCCCCCCCC(=O)OCC(O)COP(=O)(O)OCC(O)COP(=O)(O)OCC(COC(=O)CCCCCCCCCCC/C=C\C/C=C\C/C=C\C/C=C\C/C=C\CC)OC(=O)CCCCCCCCCCC/C=C\C/C=C\C/C=C\C/C=C\CCCCC. The summed E-state index contributed by atoms with van der Waals surface area (Å²) in [4.78, 5) is 59.0. The van der Waals surface area contributed by atoms with Crippen LogP contribution in [0.1, 0.15) is 342 Å². The third-order valence-electron chi connectivity index (χ3n) is 18.1. The van der Waals surface area contributed by atoms with E-state index in [0.717, 1.165) is 186 Å². The van der Waals surface area contributed by atoms with Crippen LogP contribution in [0, 0.1) is 0 Å². The number of phosphoric acid groups is 2. The molecule has 0 fully saturated rings. The Morgan fingerprint density at radius 2 is 0.469 bits per heavy atom. The van der Waals surface area contributed by atoms with Gasteiger partial charge in [0.05, 0.1) is 26.4 Å². The number of ether oxygens (including phenoxy) is 3. The van der Waals surface area contributed by atoms with Crippen LogP contribution in [-0.2, 0) is 55.8 Å². The van der Waals surface area contributed by atoms with Crippen molar-refractivity contribution in [1.29, 1.82) is 0 Å². The van der Waals surface area contributed by atoms with Crippen LogP contribution < -0.4 is 0 Å². The molecule has 0 heterocycles. The number of phosphoric ester groups is 2. The molecule has 0 radical (unpaired) electrons. The fraction of sp³-hybridized carbons (Fsp3) is 0.653. The van der Waals surface area contributed by atoms with E-state index in [2.05, 4.69) is 203 Å². The van der Waals surface area contributed by atoms with Crippen molar-refractivity contribution in [2.75, 3.05) is 39.6 Å². The standard InChI is InChI=1S/C95H158O16P2/c1-4-7-10-13-16-19-22-25-28-31-34-37-40-43-44-47-49-51-54-57-60-63-66-69-72-75-78-81-93(98)105-84-90(96)85-107-112(101,102)108-86-91(97)87-109-113(103,104)110-89-92(111-95(100)83-80-77-74-71-68-65-62-59-56-53-50-46-42-39-36-33-30-27-24-21-18-15-12-9-6-3)88-106-94(99)82-79-76-73-70-67-64-61-58-55-52-48-45-41-38-35-32-29-26-23-20-17-14-11-8-5-2/h7-8,10-11,16-21,25-30,34-39,43-46,48-51,90-92,96-97H,4-6,9,12-15,22-24,31-33,40-42,47,52-89H2,1-3H3,(H,101,102)(H,103,104)/b10-7-,11-8-,19-16-,20-17-,21-18-,28-25-,29-26-,30-27-,37-34-,38-35-,39-36-,44-43-,48-45-,50-46-,51-49-. The van der Waals surface area contributed by atoms with Crippen LogP contribution in [-0.4, -0.2) is 95.9 Å². The van der Waals surface area contributed by atoms with Crippen molar-refractivity contribution in [3.63, 3.8) is 0 Å². The molecular formula is C95H158O16P2. The molecule has 5 unspecified atom stereocenters. The molecule has 0 aliphatic heterocycles. The van der Waals surface area contributed by atoms with E-state index in [1.165, 1.54) is 96.3 Å². The van der Waals surface area contributed by atoms with Crippen LogP contribution in [0.15, 0.2) is 182 Å². The van der Waals surface area contributed by atoms with E-state index in [9.17, 15) is 43.5 Å². The van der Waals surface area contributed by atoms with Gasteiger partial charge in [-0.05, 0) is 161 Å². The van der Waals surface area contributed by atoms with Gasteiger partial charge < -0.3 is 34.2 Å². The Hall–Kier alpha value is -5.35. The van der Waals surface area contributed by atoms with Gasteiger partial charge in [-0.2, -0.15) is 0 Å². The Labute approximate surface area is 687 Å². The second kappa shape index (κ2) is 86.0. The maximum absolute atomic E-state index is 13.1. The molecule has 0 aromatic heterocycles. The number of hydrogen-bond donors (Lipinski definition) is 4. The number of unbranched alkanes of at least 4 members (excludes halogenated alkanes) is 29. The average Bonchev–Trinajstić information content (AvgIpc) is 0.897. The molecule has 113 heavy (non-hydrogen) atoms. The predicted molar refractivity (Wildman–Crippen MR) is 472 cm³/mol. The van der Waals surface area contributed by atoms with Crippen molar-refractivity contribution < 1.29 is 75.8 Å². The molecule has 0 aliphatic carbocycles. The smallest absolute Gasteiger partial charge is 0.463 e. The highest BCUT2D eigenvalue weighted by atomic mass is 31.2. The summed E-state index contributed by atoms with van der Waals surface area (Å²) in [6.45, 7) is 2.42. The molecule has 0 aromatic rings. The van der Waals surface area contributed by atoms with Gasteiger partial charge >= 0.3 is 33.6 Å². The monoisotopic (exact) mass is 1620 g/mol. The van der Waals surface area contributed by atoms with E-state index in [1.807, 2.05) is 0 Å². The first-order valence-corrected chi connectivity index (χ1v) is 47.1. The highest BCUT2D eigenvalue weighted by molar-refractivity contribution is 7.47. The molecule has 0 amide bonds. The lowest BCUT2D eigenvalue weighted by atomic mass is 10.1. The lowest BCUT2D eigenvalue weighted by Gasteiger charge is -2.21. The lowest BCUT2D eigenvalue weighted by molar-refractivity contribution is -0.161. The summed E-state index contributed by atoms with van der Waals surface area (Å²) in [5.41, 5.74) is 0. The molecule has 16 nitrogen and oxygen atoms in total. The Morgan fingerprint density at radius 3 is 0.743 bits per heavy atom. The van der Waals surface area contributed by atoms with Crippen LogP contribution in [0.3, 0.4) is 0 Å². The number of allylic oxidation sites excluding steroid dienone is 30. The van der Waals surface area contributed by atoms with Crippen LogP contribution in [0.5, 0.6) is 0 Å². The van der Waals surface area contributed by atoms with Crippen molar-refractivity contribution in [3.8, 4) is 0 Å². The fourth-order valence-electron chi connectivity index (χ4n) is 11.5. The zero-order chi connectivity index (χ0) is 82.2. The first-order valence-electron chi connectivity index (χ1n) is 44.1. The second-order valence-electron chi connectivity index (χ2n) is 28.9. The molecule has 644 valence electrons. The molecule has 0 saturated carbocycles. The summed E-state index contributed by atoms with van der Waals surface area (Å²) in [6, 6.07) is 0. The van der Waals surface area contributed by atoms with Crippen molar-refractivity contribution in [2.24, 2.45) is 0 Å². The van der Waals surface area contributed by atoms with Crippen LogP contribution in [0.25, 0.3) is 0 Å². The molecule has 0 saturated heterocycles. The van der Waals surface area contributed by atoms with E-state index in [1.54, 1.807) is 0 Å². The van der Waals surface area contributed by atoms with Crippen molar-refractivity contribution in [2.45, 2.75) is 360 Å². The maximum Gasteiger partial charge on any atom is 0.472 e. The summed E-state index contributed by atoms with van der Waals surface area (Å²) < 4.78 is 61.4. The largest absolute Gasteiger partial charge is 0.472 e. The van der Waals surface area contributed by atoms with Gasteiger partial charge in [0.25, 0.3) is 0 Å². The third-order valence-corrected chi connectivity index (χ3v) is 20.0. The number of hydrogen-bond acceptors (Lipinski definition) is 14. The van der Waals surface area contributed by atoms with Gasteiger partial charge in [0.15, 0.2) is 6.10 Å². The Bertz CT molecular complexity index is 2780. The number of aliphatic hydroxyl groups is 2. The molecule has 5 atom stereocenters. The van der Waals surface area contributed by atoms with E-state index in [4.69, 9.17) is 32.3 Å². The van der Waals surface area contributed by atoms with Crippen LogP contribution in [0.4, 0.5) is 0 Å². The minimum Gasteiger partial charge on any atom is -0.463 e. The molecule has 4 N–H and O–H groups in total. The van der Waals surface area contributed by atoms with Gasteiger partial charge in [-0.3, -0.25) is 32.5 Å². The average molecular weight is 1620 g/mol. The van der Waals surface area contributed by atoms with Gasteiger partial charge in [0, 0.05) is 19.3 Å². The zero-order valence-electron chi connectivity index (χ0n) is 70.7. The fourth-order valence-corrected chi connectivity index (χ4v) is 13.1. The van der Waals surface area contributed by atoms with Gasteiger partial charge in [0.2, 0.25) is 0 Å². The van der Waals surface area contributed by atoms with E-state index < -0.39 is 91.5 Å². The first kappa shape index (κ1) is 108. The Morgan fingerprint density at radius 1 is 0.257 bits per heavy atom. The second-order valence-corrected chi connectivity index (χ2v) is 31.8. The summed E-state index contributed by atoms with van der Waals surface area (Å²) in [5.74, 6) is -1.60. The summed E-state index contributed by atoms with van der Waals surface area (Å²) in [7, 11) is -9.82. The normalized spacial score (nSPS) is 14.7. The summed E-state index contributed by atoms with van der Waals surface area (Å²) in [6.07, 6.45) is 112. The van der Waals surface area contributed by atoms with E-state index >= 15 is 0 Å². The minimum atomic E-state index is -4.95. The van der Waals surface area contributed by atoms with Gasteiger partial charge in [0.1, 0.15) is 25.4 Å². The van der Waals surface area contributed by atoms with Crippen LogP contribution in [0.2, 0.25) is 0 Å². The number of aliphatic hydroxyl groups excluding tert-OH is 2. The molecule has 0 bridgehead atoms. The van der Waals surface area contributed by atoms with Gasteiger partial charge in [-0.25, -0.2) is 9.13 Å². The highest BCUT2D eigenvalue weighted by Gasteiger charge is 2.29. The lowest BCUT2D eigenvalue weighted by Crippen LogP contribution is -2.30. The summed E-state index contributed by atoms with van der Waals surface area (Å²) in [5, 5.41) is 20.7. The molecule has 18 heteroatoms. The van der Waals surface area contributed by atoms with Crippen molar-refractivity contribution in [1.82, 2.24) is 0 Å². The molecular weight excluding hydrogens is 1460 g/mol. The maximum atomic E-state index is 13.1. The van der Waals surface area contributed by atoms with E-state index in [0.29, 0.717) is 19.3 Å². The summed E-state index contributed by atoms with van der Waals surface area (Å²) >= 11 is 0. The zero-order valence-corrected chi connectivity index (χ0v) is 72.5. The molecule has 0 aliphatic rings. The molecule has 0 rings (SSSR count). The highest BCUT2D eigenvalue weighted by Crippen LogP contribution is 2.45. The topological polar surface area (TPSA) is 231 Å². The Balaban J connectivity index is 4.71. The Kier molecular flexibility index (Phi) is 81.9. The van der Waals surface area contributed by atoms with Gasteiger partial charge in [-0.15, -0.1) is 0 Å². The predicted octanol–water partition coefficient (Wildman–Crippen LogP) is 26.9. The number of carbonyl (C=O) groups excluding carboxylic acids is 3.